The molecule has 0 N–H and O–H groups in total. The maximum Gasteiger partial charge on any atom is 0.471 e. The van der Waals surface area contributed by atoms with Crippen LogP contribution in [0, 0.1) is 0 Å². The van der Waals surface area contributed by atoms with Crippen molar-refractivity contribution in [3.63, 3.8) is 0 Å². The molecule has 0 aromatic carbocycles. The third kappa shape index (κ3) is 9.30. The fourth-order valence-corrected chi connectivity index (χ4v) is 0. The van der Waals surface area contributed by atoms with Gasteiger partial charge < -0.3 is 12.9 Å². The van der Waals surface area contributed by atoms with Crippen molar-refractivity contribution in [2.45, 2.75) is 17.9 Å². The predicted octanol–water partition coefficient (Wildman–Crippen LogP) is 1.83. The van der Waals surface area contributed by atoms with Crippen molar-refractivity contribution < 1.29 is 19.5 Å². The molecule has 0 heterocycles. The Morgan fingerprint density at radius 3 is 1.67 bits per heavy atom. The Morgan fingerprint density at radius 1 is 1.50 bits per heavy atom. The Labute approximate surface area is 67.8 Å². The monoisotopic (exact) mass is 210 g/mol. The number of hydrogen-bond acceptors (Lipinski definition) is 0. The Morgan fingerprint density at radius 2 is 1.67 bits per heavy atom. The molecule has 0 aliphatic heterocycles. The first-order valence-electron chi connectivity index (χ1n) is 1.83. The molecule has 3 heteroatoms. The van der Waals surface area contributed by atoms with E-state index in [1.165, 1.54) is 0 Å². The van der Waals surface area contributed by atoms with Gasteiger partial charge in [0.05, 0.1) is 0 Å². The van der Waals surface area contributed by atoms with Crippen molar-refractivity contribution in [3.8, 4) is 0 Å². The van der Waals surface area contributed by atoms with Crippen LogP contribution in [-0.4, -0.2) is 18.2 Å². The zero-order chi connectivity index (χ0) is 4.28. The molecule has 0 unspecified atom stereocenters. The molecule has 0 aliphatic carbocycles. The number of rotatable bonds is 1. The quantitative estimate of drug-likeness (QED) is 0.582. The molecule has 0 radical (unpaired) electrons. The molecule has 0 amide bonds. The first kappa shape index (κ1) is 10.8. The Balaban J connectivity index is 0. The summed E-state index contributed by atoms with van der Waals surface area (Å²) >= 11 is 3.61. The molecular weight excluding hydrogens is 206 g/mol. The van der Waals surface area contributed by atoms with E-state index in [-0.39, 0.29) is 37.7 Å². The Bertz CT molecular complexity index is 24.8. The summed E-state index contributed by atoms with van der Waals surface area (Å²) < 4.78 is 0.940. The van der Waals surface area contributed by atoms with Crippen molar-refractivity contribution >= 4 is 31.1 Å². The summed E-state index contributed by atoms with van der Waals surface area (Å²) in [5, 5.41) is 0. The molecular formula is C3H7BrMgZn. The molecule has 0 bridgehead atoms. The molecule has 30 valence electrons. The minimum atomic E-state index is 0. The number of halogens is 1. The third-order valence-electron chi connectivity index (χ3n) is 0.309. The molecule has 0 spiro atoms. The van der Waals surface area contributed by atoms with E-state index in [0.717, 1.165) is 4.05 Å². The SMILES string of the molecule is C[CH](C)[Mg][Br].[Zn]. The van der Waals surface area contributed by atoms with Gasteiger partial charge in [0.2, 0.25) is 0 Å². The van der Waals surface area contributed by atoms with Crippen molar-refractivity contribution in [3.05, 3.63) is 0 Å². The summed E-state index contributed by atoms with van der Waals surface area (Å²) in [5.41, 5.74) is 0. The average molecular weight is 213 g/mol. The molecule has 0 saturated carbocycles. The average Bonchev–Trinajstić information content (AvgIpc) is 1.38. The first-order valence-corrected chi connectivity index (χ1v) is 6.55. The van der Waals surface area contributed by atoms with Gasteiger partial charge in [0, 0.05) is 19.5 Å². The Kier molecular flexibility index (Phi) is 12.3. The molecule has 6 heavy (non-hydrogen) atoms. The fourth-order valence-electron chi connectivity index (χ4n) is 0. The maximum absolute atomic E-state index is 3.45. The van der Waals surface area contributed by atoms with Crippen LogP contribution in [0.1, 0.15) is 13.8 Å². The summed E-state index contributed by atoms with van der Waals surface area (Å²) in [6.07, 6.45) is 0. The van der Waals surface area contributed by atoms with Crippen LogP contribution in [0.4, 0.5) is 0 Å². The zero-order valence-electron chi connectivity index (χ0n) is 4.37. The van der Waals surface area contributed by atoms with Crippen molar-refractivity contribution in [2.75, 3.05) is 0 Å². The van der Waals surface area contributed by atoms with Gasteiger partial charge in [-0.2, -0.15) is 0 Å². The summed E-state index contributed by atoms with van der Waals surface area (Å²) in [6, 6.07) is 0. The van der Waals surface area contributed by atoms with Crippen LogP contribution >= 0.6 is 12.9 Å². The van der Waals surface area contributed by atoms with Gasteiger partial charge in [-0.15, -0.1) is 4.05 Å². The van der Waals surface area contributed by atoms with Gasteiger partial charge >= 0.3 is 18.2 Å². The van der Waals surface area contributed by atoms with Crippen LogP contribution in [0.5, 0.6) is 0 Å². The van der Waals surface area contributed by atoms with E-state index >= 15 is 0 Å². The van der Waals surface area contributed by atoms with Crippen LogP contribution in [0.2, 0.25) is 4.05 Å². The molecule has 0 fully saturated rings. The van der Waals surface area contributed by atoms with Crippen LogP contribution < -0.4 is 0 Å². The summed E-state index contributed by atoms with van der Waals surface area (Å²) in [7, 11) is 0. The van der Waals surface area contributed by atoms with Crippen molar-refractivity contribution in [1.29, 1.82) is 0 Å². The normalized spacial score (nSPS) is 6.67. The zero-order valence-corrected chi connectivity index (χ0v) is 10.3. The van der Waals surface area contributed by atoms with Crippen LogP contribution in [0.3, 0.4) is 0 Å². The van der Waals surface area contributed by atoms with Crippen LogP contribution in [-0.2, 0) is 19.5 Å². The van der Waals surface area contributed by atoms with Crippen molar-refractivity contribution in [1.82, 2.24) is 0 Å². The van der Waals surface area contributed by atoms with E-state index in [1.807, 2.05) is 0 Å². The van der Waals surface area contributed by atoms with Gasteiger partial charge in [0.1, 0.15) is 0 Å². The van der Waals surface area contributed by atoms with Gasteiger partial charge in [-0.1, -0.05) is 13.8 Å². The standard InChI is InChI=1S/C3H7.BrH.Mg.Zn/c1-3-2;;;/h3H,1-2H3;1H;;/q;;+1;/p-1. The Hall–Kier alpha value is 1.87. The molecule has 0 rings (SSSR count). The minimum absolute atomic E-state index is 0. The van der Waals surface area contributed by atoms with E-state index in [2.05, 4.69) is 26.7 Å². The summed E-state index contributed by atoms with van der Waals surface area (Å²) in [6.45, 7) is 4.47. The second-order valence-corrected chi connectivity index (χ2v) is 5.43. The van der Waals surface area contributed by atoms with E-state index in [4.69, 9.17) is 0 Å². The van der Waals surface area contributed by atoms with Crippen LogP contribution in [0.15, 0.2) is 0 Å². The second-order valence-electron chi connectivity index (χ2n) is 1.55. The van der Waals surface area contributed by atoms with Gasteiger partial charge in [0.25, 0.3) is 0 Å². The molecule has 0 nitrogen and oxygen atoms in total. The van der Waals surface area contributed by atoms with E-state index in [0.29, 0.717) is 0 Å². The van der Waals surface area contributed by atoms with Gasteiger partial charge in [0.15, 0.2) is 0 Å². The molecule has 0 aromatic rings. The van der Waals surface area contributed by atoms with Gasteiger partial charge in [-0.25, -0.2) is 0 Å². The molecule has 0 saturated heterocycles. The molecule has 0 aliphatic rings. The summed E-state index contributed by atoms with van der Waals surface area (Å²) in [5.74, 6) is 0. The smallest absolute Gasteiger partial charge is 0.306 e. The van der Waals surface area contributed by atoms with Gasteiger partial charge in [-0.3, -0.25) is 0 Å². The largest absolute Gasteiger partial charge is 0.471 e. The second kappa shape index (κ2) is 6.87. The molecule has 0 atom stereocenters. The van der Waals surface area contributed by atoms with Crippen molar-refractivity contribution in [2.24, 2.45) is 0 Å². The van der Waals surface area contributed by atoms with E-state index < -0.39 is 0 Å². The number of hydrogen-bond donors (Lipinski definition) is 0. The molecule has 0 aromatic heterocycles. The summed E-state index contributed by atoms with van der Waals surface area (Å²) in [4.78, 5) is 0. The fraction of sp³-hybridized carbons (Fsp3) is 1.00. The first-order chi connectivity index (χ1) is 2.27. The van der Waals surface area contributed by atoms with Crippen LogP contribution in [0.25, 0.3) is 0 Å². The topological polar surface area (TPSA) is 0 Å². The maximum atomic E-state index is 3.45. The predicted molar refractivity (Wildman–Crippen MR) is 29.8 cm³/mol. The minimum Gasteiger partial charge on any atom is -0.306 e. The van der Waals surface area contributed by atoms with E-state index in [1.54, 1.807) is 0 Å². The van der Waals surface area contributed by atoms with Gasteiger partial charge in [-0.05, 0) is 0 Å². The third-order valence-corrected chi connectivity index (χ3v) is 4.81. The van der Waals surface area contributed by atoms with E-state index in [9.17, 15) is 0 Å².